The second kappa shape index (κ2) is 5.80. The monoisotopic (exact) mass is 249 g/mol. The Bertz CT molecular complexity index is 435. The number of hydrogen-bond donors (Lipinski definition) is 1. The highest BCUT2D eigenvalue weighted by atomic mass is 32.1. The van der Waals surface area contributed by atoms with Crippen LogP contribution in [-0.4, -0.2) is 30.4 Å². The van der Waals surface area contributed by atoms with Gasteiger partial charge in [-0.1, -0.05) is 0 Å². The SMILES string of the molecule is N#CCCNC(=O)CN1CCc2sccc2C1. The third-order valence-corrected chi connectivity index (χ3v) is 3.84. The summed E-state index contributed by atoms with van der Waals surface area (Å²) in [5, 5.41) is 13.2. The van der Waals surface area contributed by atoms with Crippen molar-refractivity contribution in [2.75, 3.05) is 19.6 Å². The minimum atomic E-state index is 0.0129. The summed E-state index contributed by atoms with van der Waals surface area (Å²) in [5.74, 6) is 0.0129. The fourth-order valence-corrected chi connectivity index (χ4v) is 2.85. The van der Waals surface area contributed by atoms with Crippen molar-refractivity contribution in [2.45, 2.75) is 19.4 Å². The molecule has 0 spiro atoms. The maximum absolute atomic E-state index is 11.6. The van der Waals surface area contributed by atoms with E-state index in [-0.39, 0.29) is 5.91 Å². The van der Waals surface area contributed by atoms with Gasteiger partial charge in [-0.05, 0) is 23.4 Å². The maximum Gasteiger partial charge on any atom is 0.234 e. The summed E-state index contributed by atoms with van der Waals surface area (Å²) in [6.07, 6.45) is 1.42. The number of thiophene rings is 1. The molecule has 0 bridgehead atoms. The van der Waals surface area contributed by atoms with Gasteiger partial charge in [0.05, 0.1) is 19.0 Å². The van der Waals surface area contributed by atoms with E-state index >= 15 is 0 Å². The zero-order valence-electron chi connectivity index (χ0n) is 9.61. The van der Waals surface area contributed by atoms with Crippen LogP contribution in [0.5, 0.6) is 0 Å². The zero-order valence-corrected chi connectivity index (χ0v) is 10.4. The van der Waals surface area contributed by atoms with Gasteiger partial charge in [0.15, 0.2) is 0 Å². The molecule has 0 aliphatic carbocycles. The molecule has 17 heavy (non-hydrogen) atoms. The molecule has 0 saturated heterocycles. The summed E-state index contributed by atoms with van der Waals surface area (Å²) < 4.78 is 0. The van der Waals surface area contributed by atoms with Crippen LogP contribution in [0.4, 0.5) is 0 Å². The number of carbonyl (C=O) groups excluding carboxylic acids is 1. The molecule has 0 saturated carbocycles. The van der Waals surface area contributed by atoms with E-state index in [1.807, 2.05) is 6.07 Å². The lowest BCUT2D eigenvalue weighted by Gasteiger charge is -2.25. The van der Waals surface area contributed by atoms with Crippen molar-refractivity contribution < 1.29 is 4.79 Å². The van der Waals surface area contributed by atoms with E-state index in [9.17, 15) is 4.79 Å². The van der Waals surface area contributed by atoms with Crippen molar-refractivity contribution in [3.8, 4) is 6.07 Å². The second-order valence-corrected chi connectivity index (χ2v) is 5.09. The Morgan fingerprint density at radius 2 is 2.53 bits per heavy atom. The Hall–Kier alpha value is -1.38. The normalized spacial score (nSPS) is 15.0. The molecule has 0 atom stereocenters. The third kappa shape index (κ3) is 3.29. The molecule has 2 rings (SSSR count). The Morgan fingerprint density at radius 1 is 1.65 bits per heavy atom. The summed E-state index contributed by atoms with van der Waals surface area (Å²) in [6.45, 7) is 2.69. The predicted octanol–water partition coefficient (Wildman–Crippen LogP) is 1.14. The number of nitrogens with one attached hydrogen (secondary N) is 1. The number of fused-ring (bicyclic) bond motifs is 1. The maximum atomic E-state index is 11.6. The number of carbonyl (C=O) groups is 1. The molecule has 2 heterocycles. The molecule has 0 fully saturated rings. The topological polar surface area (TPSA) is 56.1 Å². The van der Waals surface area contributed by atoms with Crippen molar-refractivity contribution >= 4 is 17.2 Å². The molecule has 1 aliphatic rings. The first-order valence-corrected chi connectivity index (χ1v) is 6.59. The van der Waals surface area contributed by atoms with Gasteiger partial charge in [-0.25, -0.2) is 0 Å². The quantitative estimate of drug-likeness (QED) is 0.814. The van der Waals surface area contributed by atoms with E-state index in [1.54, 1.807) is 11.3 Å². The molecule has 1 aromatic rings. The van der Waals surface area contributed by atoms with Crippen LogP contribution in [0.3, 0.4) is 0 Å². The molecule has 5 heteroatoms. The average Bonchev–Trinajstić information content (AvgIpc) is 2.76. The highest BCUT2D eigenvalue weighted by Crippen LogP contribution is 2.23. The van der Waals surface area contributed by atoms with Crippen molar-refractivity contribution in [2.24, 2.45) is 0 Å². The summed E-state index contributed by atoms with van der Waals surface area (Å²) in [5.41, 5.74) is 1.35. The van der Waals surface area contributed by atoms with E-state index < -0.39 is 0 Å². The average molecular weight is 249 g/mol. The van der Waals surface area contributed by atoms with Crippen LogP contribution in [0, 0.1) is 11.3 Å². The van der Waals surface area contributed by atoms with E-state index in [4.69, 9.17) is 5.26 Å². The van der Waals surface area contributed by atoms with Crippen molar-refractivity contribution in [1.82, 2.24) is 10.2 Å². The van der Waals surface area contributed by atoms with E-state index in [0.717, 1.165) is 19.5 Å². The van der Waals surface area contributed by atoms with Crippen molar-refractivity contribution in [3.05, 3.63) is 21.9 Å². The largest absolute Gasteiger partial charge is 0.354 e. The predicted molar refractivity (Wildman–Crippen MR) is 66.5 cm³/mol. The molecule has 1 N–H and O–H groups in total. The first-order valence-electron chi connectivity index (χ1n) is 5.71. The number of hydrogen-bond acceptors (Lipinski definition) is 4. The number of rotatable bonds is 4. The van der Waals surface area contributed by atoms with Crippen LogP contribution < -0.4 is 5.32 Å². The molecule has 0 unspecified atom stereocenters. The lowest BCUT2D eigenvalue weighted by molar-refractivity contribution is -0.122. The van der Waals surface area contributed by atoms with Gasteiger partial charge in [0.25, 0.3) is 0 Å². The Balaban J connectivity index is 1.78. The minimum Gasteiger partial charge on any atom is -0.354 e. The van der Waals surface area contributed by atoms with Gasteiger partial charge in [0.2, 0.25) is 5.91 Å². The third-order valence-electron chi connectivity index (χ3n) is 2.81. The highest BCUT2D eigenvalue weighted by Gasteiger charge is 2.18. The van der Waals surface area contributed by atoms with Gasteiger partial charge in [-0.15, -0.1) is 11.3 Å². The van der Waals surface area contributed by atoms with Crippen molar-refractivity contribution in [3.63, 3.8) is 0 Å². The van der Waals surface area contributed by atoms with Gasteiger partial charge in [0, 0.05) is 24.5 Å². The lowest BCUT2D eigenvalue weighted by Crippen LogP contribution is -2.39. The zero-order chi connectivity index (χ0) is 12.1. The van der Waals surface area contributed by atoms with Gasteiger partial charge in [0.1, 0.15) is 0 Å². The Morgan fingerprint density at radius 3 is 3.35 bits per heavy atom. The molecule has 0 radical (unpaired) electrons. The Kier molecular flexibility index (Phi) is 4.13. The van der Waals surface area contributed by atoms with Crippen LogP contribution in [0.15, 0.2) is 11.4 Å². The minimum absolute atomic E-state index is 0.0129. The number of amides is 1. The van der Waals surface area contributed by atoms with Crippen LogP contribution in [0.1, 0.15) is 16.9 Å². The van der Waals surface area contributed by atoms with Crippen LogP contribution in [0.2, 0.25) is 0 Å². The van der Waals surface area contributed by atoms with Crippen LogP contribution in [-0.2, 0) is 17.8 Å². The lowest BCUT2D eigenvalue weighted by atomic mass is 10.1. The summed E-state index contributed by atoms with van der Waals surface area (Å²) in [4.78, 5) is 15.2. The molecule has 1 aromatic heterocycles. The van der Waals surface area contributed by atoms with Gasteiger partial charge in [-0.3, -0.25) is 9.69 Å². The molecule has 0 aromatic carbocycles. The summed E-state index contributed by atoms with van der Waals surface area (Å²) in [6, 6.07) is 4.15. The van der Waals surface area contributed by atoms with E-state index in [2.05, 4.69) is 21.7 Å². The van der Waals surface area contributed by atoms with Crippen molar-refractivity contribution in [1.29, 1.82) is 5.26 Å². The molecular formula is C12H15N3OS. The fraction of sp³-hybridized carbons (Fsp3) is 0.500. The Labute approximate surface area is 105 Å². The fourth-order valence-electron chi connectivity index (χ4n) is 1.96. The smallest absolute Gasteiger partial charge is 0.234 e. The molecule has 4 nitrogen and oxygen atoms in total. The molecule has 1 amide bonds. The first-order chi connectivity index (χ1) is 8.29. The van der Waals surface area contributed by atoms with Gasteiger partial charge in [-0.2, -0.15) is 5.26 Å². The standard InChI is InChI=1S/C12H15N3OS/c13-4-1-5-14-12(16)9-15-6-2-11-10(8-15)3-7-17-11/h3,7H,1-2,5-6,8-9H2,(H,14,16). The highest BCUT2D eigenvalue weighted by molar-refractivity contribution is 7.10. The van der Waals surface area contributed by atoms with E-state index in [0.29, 0.717) is 19.5 Å². The van der Waals surface area contributed by atoms with Gasteiger partial charge < -0.3 is 5.32 Å². The second-order valence-electron chi connectivity index (χ2n) is 4.09. The summed E-state index contributed by atoms with van der Waals surface area (Å²) in [7, 11) is 0. The molecular weight excluding hydrogens is 234 g/mol. The van der Waals surface area contributed by atoms with E-state index in [1.165, 1.54) is 10.4 Å². The first kappa shape index (κ1) is 12.1. The van der Waals surface area contributed by atoms with Gasteiger partial charge >= 0.3 is 0 Å². The summed E-state index contributed by atoms with van der Waals surface area (Å²) >= 11 is 1.80. The number of nitriles is 1. The molecule has 90 valence electrons. The number of nitrogens with zero attached hydrogens (tertiary/aromatic N) is 2. The molecule has 1 aliphatic heterocycles. The van der Waals surface area contributed by atoms with Crippen LogP contribution >= 0.6 is 11.3 Å². The van der Waals surface area contributed by atoms with Crippen LogP contribution in [0.25, 0.3) is 0 Å².